The highest BCUT2D eigenvalue weighted by Crippen LogP contribution is 2.30. The van der Waals surface area contributed by atoms with Crippen molar-refractivity contribution in [2.75, 3.05) is 7.11 Å². The summed E-state index contributed by atoms with van der Waals surface area (Å²) in [5, 5.41) is -0.841. The Kier molecular flexibility index (Phi) is 4.50. The summed E-state index contributed by atoms with van der Waals surface area (Å²) in [4.78, 5) is 22.8. The third kappa shape index (κ3) is 2.62. The van der Waals surface area contributed by atoms with E-state index < -0.39 is 11.3 Å². The molecule has 16 heavy (non-hydrogen) atoms. The normalized spacial score (nSPS) is 12.0. The first-order chi connectivity index (χ1) is 7.49. The molecule has 0 heterocycles. The molecular weight excluding hydrogens is 295 g/mol. The Morgan fingerprint density at radius 2 is 2.06 bits per heavy atom. The Bertz CT molecular complexity index is 431. The molecule has 0 bridgehead atoms. The lowest BCUT2D eigenvalue weighted by molar-refractivity contribution is -0.116. The van der Waals surface area contributed by atoms with Crippen molar-refractivity contribution in [1.82, 2.24) is 0 Å². The lowest BCUT2D eigenvalue weighted by atomic mass is 10.0. The predicted octanol–water partition coefficient (Wildman–Crippen LogP) is 3.10. The Labute approximate surface area is 107 Å². The molecule has 0 aliphatic heterocycles. The molecule has 1 aromatic rings. The molecule has 0 saturated carbocycles. The summed E-state index contributed by atoms with van der Waals surface area (Å²) >= 11 is 9.18. The van der Waals surface area contributed by atoms with Crippen LogP contribution in [0.5, 0.6) is 0 Å². The molecule has 0 saturated heterocycles. The molecular formula is C11H10BrClO3. The average molecular weight is 306 g/mol. The van der Waals surface area contributed by atoms with Crippen LogP contribution in [-0.2, 0) is 9.53 Å². The quantitative estimate of drug-likeness (QED) is 0.636. The van der Waals surface area contributed by atoms with Gasteiger partial charge in [-0.3, -0.25) is 4.79 Å². The molecule has 1 unspecified atom stereocenters. The van der Waals surface area contributed by atoms with Crippen LogP contribution in [0, 0.1) is 0 Å². The highest BCUT2D eigenvalue weighted by Gasteiger charge is 2.23. The van der Waals surface area contributed by atoms with Gasteiger partial charge < -0.3 is 4.74 Å². The summed E-state index contributed by atoms with van der Waals surface area (Å²) in [5.41, 5.74) is 0.746. The monoisotopic (exact) mass is 304 g/mol. The van der Waals surface area contributed by atoms with Crippen LogP contribution in [-0.4, -0.2) is 18.9 Å². The average Bonchev–Trinajstić information content (AvgIpc) is 2.26. The van der Waals surface area contributed by atoms with Crippen LogP contribution < -0.4 is 0 Å². The van der Waals surface area contributed by atoms with Gasteiger partial charge in [-0.2, -0.15) is 0 Å². The molecule has 86 valence electrons. The second-order valence-electron chi connectivity index (χ2n) is 3.17. The van der Waals surface area contributed by atoms with Gasteiger partial charge in [0.2, 0.25) is 0 Å². The fraction of sp³-hybridized carbons (Fsp3) is 0.273. The molecule has 3 nitrogen and oxygen atoms in total. The lowest BCUT2D eigenvalue weighted by Gasteiger charge is -2.12. The van der Waals surface area contributed by atoms with Gasteiger partial charge in [0.25, 0.3) is 0 Å². The molecule has 0 N–H and O–H groups in total. The van der Waals surface area contributed by atoms with Gasteiger partial charge in [-0.05, 0) is 34.5 Å². The minimum Gasteiger partial charge on any atom is -0.465 e. The highest BCUT2D eigenvalue weighted by atomic mass is 79.9. The van der Waals surface area contributed by atoms with Gasteiger partial charge in [-0.1, -0.05) is 12.1 Å². The fourth-order valence-electron chi connectivity index (χ4n) is 1.29. The zero-order valence-electron chi connectivity index (χ0n) is 8.79. The first-order valence-corrected chi connectivity index (χ1v) is 5.73. The number of carbonyl (C=O) groups excluding carboxylic acids is 2. The summed E-state index contributed by atoms with van der Waals surface area (Å²) in [6.07, 6.45) is 0. The summed E-state index contributed by atoms with van der Waals surface area (Å²) in [5.74, 6) is -0.737. The van der Waals surface area contributed by atoms with Gasteiger partial charge in [-0.15, -0.1) is 11.6 Å². The van der Waals surface area contributed by atoms with Crippen LogP contribution in [0.3, 0.4) is 0 Å². The van der Waals surface area contributed by atoms with E-state index in [1.165, 1.54) is 14.0 Å². The molecule has 1 atom stereocenters. The minimum absolute atomic E-state index is 0.218. The summed E-state index contributed by atoms with van der Waals surface area (Å²) in [6, 6.07) is 5.04. The number of ether oxygens (including phenoxy) is 1. The summed E-state index contributed by atoms with van der Waals surface area (Å²) in [7, 11) is 1.28. The van der Waals surface area contributed by atoms with E-state index in [1.807, 2.05) is 0 Å². The number of alkyl halides is 1. The molecule has 0 amide bonds. The van der Waals surface area contributed by atoms with Gasteiger partial charge in [-0.25, -0.2) is 4.79 Å². The topological polar surface area (TPSA) is 43.4 Å². The number of esters is 1. The van der Waals surface area contributed by atoms with Crippen LogP contribution in [0.2, 0.25) is 0 Å². The fourth-order valence-corrected chi connectivity index (χ4v) is 2.01. The number of halogens is 2. The molecule has 1 aromatic carbocycles. The Hall–Kier alpha value is -0.870. The Balaban J connectivity index is 3.33. The molecule has 5 heteroatoms. The number of rotatable bonds is 3. The van der Waals surface area contributed by atoms with Gasteiger partial charge in [0, 0.05) is 4.47 Å². The second kappa shape index (κ2) is 5.46. The summed E-state index contributed by atoms with van der Waals surface area (Å²) in [6.45, 7) is 1.37. The number of carbonyl (C=O) groups is 2. The van der Waals surface area contributed by atoms with E-state index >= 15 is 0 Å². The van der Waals surface area contributed by atoms with Gasteiger partial charge >= 0.3 is 5.97 Å². The number of methoxy groups -OCH3 is 1. The second-order valence-corrected chi connectivity index (χ2v) is 4.46. The number of ketones is 1. The van der Waals surface area contributed by atoms with E-state index in [0.29, 0.717) is 15.6 Å². The van der Waals surface area contributed by atoms with Crippen LogP contribution in [0.25, 0.3) is 0 Å². The third-order valence-corrected chi connectivity index (χ3v) is 3.27. The van der Waals surface area contributed by atoms with E-state index in [2.05, 4.69) is 20.7 Å². The van der Waals surface area contributed by atoms with Crippen LogP contribution in [0.15, 0.2) is 22.7 Å². The molecule has 0 fully saturated rings. The SMILES string of the molecule is COC(=O)c1c(Br)cccc1C(Cl)C(C)=O. The van der Waals surface area contributed by atoms with Crippen LogP contribution >= 0.6 is 27.5 Å². The smallest absolute Gasteiger partial charge is 0.339 e. The van der Waals surface area contributed by atoms with Gasteiger partial charge in [0.1, 0.15) is 5.38 Å². The van der Waals surface area contributed by atoms with E-state index in [1.54, 1.807) is 18.2 Å². The standard InChI is InChI=1S/C11H10BrClO3/c1-6(14)10(13)7-4-3-5-8(12)9(7)11(15)16-2/h3-5,10H,1-2H3. The zero-order chi connectivity index (χ0) is 12.3. The van der Waals surface area contributed by atoms with Crippen molar-refractivity contribution in [3.8, 4) is 0 Å². The number of Topliss-reactive ketones (excluding diaryl/α,β-unsaturated/α-hetero) is 1. The van der Waals surface area contributed by atoms with E-state index in [0.717, 1.165) is 0 Å². The first-order valence-electron chi connectivity index (χ1n) is 4.50. The van der Waals surface area contributed by atoms with Crippen molar-refractivity contribution in [3.05, 3.63) is 33.8 Å². The van der Waals surface area contributed by atoms with Crippen molar-refractivity contribution >= 4 is 39.3 Å². The van der Waals surface area contributed by atoms with E-state index in [9.17, 15) is 9.59 Å². The van der Waals surface area contributed by atoms with Crippen molar-refractivity contribution in [2.45, 2.75) is 12.3 Å². The van der Waals surface area contributed by atoms with Crippen molar-refractivity contribution < 1.29 is 14.3 Å². The number of hydrogen-bond donors (Lipinski definition) is 0. The molecule has 0 radical (unpaired) electrons. The van der Waals surface area contributed by atoms with E-state index in [-0.39, 0.29) is 5.78 Å². The molecule has 0 aliphatic carbocycles. The maximum Gasteiger partial charge on any atom is 0.339 e. The van der Waals surface area contributed by atoms with Gasteiger partial charge in [0.15, 0.2) is 5.78 Å². The van der Waals surface area contributed by atoms with Crippen LogP contribution in [0.1, 0.15) is 28.2 Å². The van der Waals surface area contributed by atoms with Crippen molar-refractivity contribution in [2.24, 2.45) is 0 Å². The Morgan fingerprint density at radius 1 is 1.44 bits per heavy atom. The maximum absolute atomic E-state index is 11.6. The largest absolute Gasteiger partial charge is 0.465 e. The highest BCUT2D eigenvalue weighted by molar-refractivity contribution is 9.10. The molecule has 0 aliphatic rings. The molecule has 1 rings (SSSR count). The van der Waals surface area contributed by atoms with Crippen LogP contribution in [0.4, 0.5) is 0 Å². The third-order valence-electron chi connectivity index (χ3n) is 2.07. The van der Waals surface area contributed by atoms with Crippen molar-refractivity contribution in [1.29, 1.82) is 0 Å². The Morgan fingerprint density at radius 3 is 2.56 bits per heavy atom. The van der Waals surface area contributed by atoms with Gasteiger partial charge in [0.05, 0.1) is 12.7 Å². The number of benzene rings is 1. The zero-order valence-corrected chi connectivity index (χ0v) is 11.1. The first kappa shape index (κ1) is 13.2. The maximum atomic E-state index is 11.6. The van der Waals surface area contributed by atoms with E-state index in [4.69, 9.17) is 11.6 Å². The lowest BCUT2D eigenvalue weighted by Crippen LogP contribution is -2.11. The predicted molar refractivity (Wildman–Crippen MR) is 64.8 cm³/mol. The number of hydrogen-bond acceptors (Lipinski definition) is 3. The summed E-state index contributed by atoms with van der Waals surface area (Å²) < 4.78 is 5.21. The molecule has 0 aromatic heterocycles. The van der Waals surface area contributed by atoms with Crippen molar-refractivity contribution in [3.63, 3.8) is 0 Å². The molecule has 0 spiro atoms. The minimum atomic E-state index is -0.841.